The van der Waals surface area contributed by atoms with Crippen molar-refractivity contribution < 1.29 is 9.21 Å². The number of hydrogen-bond donors (Lipinski definition) is 1. The minimum Gasteiger partial charge on any atom is -0.440 e. The lowest BCUT2D eigenvalue weighted by Crippen LogP contribution is -2.30. The molecular weight excluding hydrogens is 290 g/mol. The van der Waals surface area contributed by atoms with Crippen LogP contribution in [0, 0.1) is 12.8 Å². The summed E-state index contributed by atoms with van der Waals surface area (Å²) in [5, 5.41) is 0. The van der Waals surface area contributed by atoms with Crippen LogP contribution < -0.4 is 5.73 Å². The van der Waals surface area contributed by atoms with E-state index in [-0.39, 0.29) is 5.91 Å². The number of aryl methyl sites for hydroxylation is 2. The number of hydrogen-bond acceptors (Lipinski definition) is 4. The number of carbonyl (C=O) groups excluding carboxylic acids is 1. The van der Waals surface area contributed by atoms with Gasteiger partial charge in [0.15, 0.2) is 11.7 Å². The number of oxazole rings is 1. The first-order valence-corrected chi connectivity index (χ1v) is 8.17. The Morgan fingerprint density at radius 1 is 1.39 bits per heavy atom. The van der Waals surface area contributed by atoms with Crippen molar-refractivity contribution >= 4 is 5.91 Å². The molecule has 122 valence electrons. The molecule has 0 radical (unpaired) electrons. The second kappa shape index (κ2) is 6.96. The molecule has 5 nitrogen and oxygen atoms in total. The molecule has 3 rings (SSSR count). The first kappa shape index (κ1) is 15.7. The molecule has 0 unspecified atom stereocenters. The van der Waals surface area contributed by atoms with Crippen LogP contribution in [0.4, 0.5) is 0 Å². The first-order valence-electron chi connectivity index (χ1n) is 8.17. The van der Waals surface area contributed by atoms with Crippen molar-refractivity contribution in [1.82, 2.24) is 9.88 Å². The number of rotatable bonds is 5. The van der Waals surface area contributed by atoms with Crippen LogP contribution in [-0.2, 0) is 11.2 Å². The predicted octanol–water partition coefficient (Wildman–Crippen LogP) is 2.39. The first-order chi connectivity index (χ1) is 11.2. The molecule has 1 aromatic heterocycles. The Balaban J connectivity index is 1.60. The summed E-state index contributed by atoms with van der Waals surface area (Å²) >= 11 is 0. The Kier molecular flexibility index (Phi) is 4.76. The number of benzene rings is 1. The van der Waals surface area contributed by atoms with Crippen LogP contribution in [-0.4, -0.2) is 35.4 Å². The molecular formula is C18H23N3O2. The van der Waals surface area contributed by atoms with Crippen LogP contribution in [0.1, 0.15) is 24.4 Å². The van der Waals surface area contributed by atoms with Gasteiger partial charge in [0, 0.05) is 31.5 Å². The van der Waals surface area contributed by atoms with E-state index in [1.165, 1.54) is 0 Å². The fourth-order valence-electron chi connectivity index (χ4n) is 3.04. The third-order valence-electron chi connectivity index (χ3n) is 4.40. The molecule has 1 aliphatic rings. The molecule has 0 aliphatic carbocycles. The molecule has 2 N–H and O–H groups in total. The van der Waals surface area contributed by atoms with Gasteiger partial charge in [0.1, 0.15) is 0 Å². The molecule has 23 heavy (non-hydrogen) atoms. The van der Waals surface area contributed by atoms with Gasteiger partial charge in [0.05, 0.1) is 5.69 Å². The second-order valence-corrected chi connectivity index (χ2v) is 6.12. The topological polar surface area (TPSA) is 72.4 Å². The lowest BCUT2D eigenvalue weighted by Gasteiger charge is -2.15. The maximum Gasteiger partial charge on any atom is 0.223 e. The van der Waals surface area contributed by atoms with Crippen LogP contribution in [0.25, 0.3) is 11.3 Å². The van der Waals surface area contributed by atoms with E-state index in [4.69, 9.17) is 10.2 Å². The summed E-state index contributed by atoms with van der Waals surface area (Å²) in [5.74, 6) is 2.03. The highest BCUT2D eigenvalue weighted by atomic mass is 16.4. The maximum atomic E-state index is 12.3. The van der Waals surface area contributed by atoms with Crippen LogP contribution in [0.2, 0.25) is 0 Å². The van der Waals surface area contributed by atoms with Gasteiger partial charge >= 0.3 is 0 Å². The van der Waals surface area contributed by atoms with E-state index in [1.54, 1.807) is 0 Å². The van der Waals surface area contributed by atoms with Gasteiger partial charge in [-0.05, 0) is 25.8 Å². The number of nitrogens with two attached hydrogens (primary N) is 1. The number of aromatic nitrogens is 1. The van der Waals surface area contributed by atoms with E-state index in [0.717, 1.165) is 36.5 Å². The van der Waals surface area contributed by atoms with Crippen LogP contribution in [0.15, 0.2) is 34.7 Å². The van der Waals surface area contributed by atoms with Crippen molar-refractivity contribution in [3.05, 3.63) is 41.9 Å². The Morgan fingerprint density at radius 2 is 2.17 bits per heavy atom. The number of nitrogens with zero attached hydrogens (tertiary/aromatic N) is 2. The Morgan fingerprint density at radius 3 is 2.87 bits per heavy atom. The SMILES string of the molecule is Cc1nc(CCC(=O)N2CC[C@H](CN)C2)oc1-c1ccccc1. The summed E-state index contributed by atoms with van der Waals surface area (Å²) in [7, 11) is 0. The average Bonchev–Trinajstić information content (AvgIpc) is 3.20. The highest BCUT2D eigenvalue weighted by molar-refractivity contribution is 5.76. The molecule has 1 aromatic carbocycles. The Hall–Kier alpha value is -2.14. The summed E-state index contributed by atoms with van der Waals surface area (Å²) < 4.78 is 5.85. The maximum absolute atomic E-state index is 12.3. The van der Waals surface area contributed by atoms with Crippen LogP contribution in [0.3, 0.4) is 0 Å². The van der Waals surface area contributed by atoms with E-state index in [0.29, 0.717) is 31.2 Å². The van der Waals surface area contributed by atoms with E-state index in [1.807, 2.05) is 42.2 Å². The molecule has 5 heteroatoms. The second-order valence-electron chi connectivity index (χ2n) is 6.12. The lowest BCUT2D eigenvalue weighted by atomic mass is 10.1. The highest BCUT2D eigenvalue weighted by Crippen LogP contribution is 2.25. The van der Waals surface area contributed by atoms with Crippen molar-refractivity contribution in [1.29, 1.82) is 0 Å². The average molecular weight is 313 g/mol. The standard InChI is InChI=1S/C18H23N3O2/c1-13-18(15-5-3-2-4-6-15)23-16(20-13)7-8-17(22)21-10-9-14(11-19)12-21/h2-6,14H,7-12,19H2,1H3/t14-/m1/s1. The van der Waals surface area contributed by atoms with Gasteiger partial charge in [-0.25, -0.2) is 4.98 Å². The minimum absolute atomic E-state index is 0.165. The van der Waals surface area contributed by atoms with Crippen LogP contribution >= 0.6 is 0 Å². The molecule has 1 aliphatic heterocycles. The zero-order chi connectivity index (χ0) is 16.2. The summed E-state index contributed by atoms with van der Waals surface area (Å²) in [6, 6.07) is 9.92. The summed E-state index contributed by atoms with van der Waals surface area (Å²) in [6.45, 7) is 4.20. The molecule has 0 saturated carbocycles. The number of likely N-dealkylation sites (tertiary alicyclic amines) is 1. The molecule has 2 heterocycles. The predicted molar refractivity (Wildman–Crippen MR) is 88.7 cm³/mol. The van der Waals surface area contributed by atoms with Gasteiger partial charge in [-0.1, -0.05) is 30.3 Å². The minimum atomic E-state index is 0.165. The molecule has 1 amide bonds. The van der Waals surface area contributed by atoms with Crippen molar-refractivity contribution in [3.8, 4) is 11.3 Å². The van der Waals surface area contributed by atoms with E-state index in [9.17, 15) is 4.79 Å². The van der Waals surface area contributed by atoms with Crippen molar-refractivity contribution in [2.24, 2.45) is 11.7 Å². The third-order valence-corrected chi connectivity index (χ3v) is 4.40. The molecule has 0 bridgehead atoms. The summed E-state index contributed by atoms with van der Waals surface area (Å²) in [4.78, 5) is 18.6. The van der Waals surface area contributed by atoms with Gasteiger partial charge in [0.25, 0.3) is 0 Å². The summed E-state index contributed by atoms with van der Waals surface area (Å²) in [5.41, 5.74) is 7.55. The lowest BCUT2D eigenvalue weighted by molar-refractivity contribution is -0.130. The zero-order valence-electron chi connectivity index (χ0n) is 13.5. The summed E-state index contributed by atoms with van der Waals surface area (Å²) in [6.07, 6.45) is 1.99. The Labute approximate surface area is 136 Å². The molecule has 1 atom stereocenters. The van der Waals surface area contributed by atoms with Gasteiger partial charge in [0.2, 0.25) is 5.91 Å². The smallest absolute Gasteiger partial charge is 0.223 e. The zero-order valence-corrected chi connectivity index (χ0v) is 13.5. The number of carbonyl (C=O) groups is 1. The van der Waals surface area contributed by atoms with Gasteiger partial charge in [-0.15, -0.1) is 0 Å². The van der Waals surface area contributed by atoms with Crippen molar-refractivity contribution in [2.45, 2.75) is 26.2 Å². The molecule has 1 fully saturated rings. The normalized spacial score (nSPS) is 17.7. The van der Waals surface area contributed by atoms with E-state index >= 15 is 0 Å². The molecule has 1 saturated heterocycles. The van der Waals surface area contributed by atoms with Crippen molar-refractivity contribution in [3.63, 3.8) is 0 Å². The van der Waals surface area contributed by atoms with E-state index < -0.39 is 0 Å². The monoisotopic (exact) mass is 313 g/mol. The fourth-order valence-corrected chi connectivity index (χ4v) is 3.04. The van der Waals surface area contributed by atoms with Gasteiger partial charge in [-0.3, -0.25) is 4.79 Å². The van der Waals surface area contributed by atoms with Crippen molar-refractivity contribution in [2.75, 3.05) is 19.6 Å². The van der Waals surface area contributed by atoms with Gasteiger partial charge < -0.3 is 15.1 Å². The molecule has 2 aromatic rings. The van der Waals surface area contributed by atoms with E-state index in [2.05, 4.69) is 4.98 Å². The van der Waals surface area contributed by atoms with Crippen LogP contribution in [0.5, 0.6) is 0 Å². The third kappa shape index (κ3) is 3.62. The number of amides is 1. The molecule has 0 spiro atoms. The largest absolute Gasteiger partial charge is 0.440 e. The fraction of sp³-hybridized carbons (Fsp3) is 0.444. The Bertz CT molecular complexity index is 666. The van der Waals surface area contributed by atoms with Gasteiger partial charge in [-0.2, -0.15) is 0 Å². The highest BCUT2D eigenvalue weighted by Gasteiger charge is 2.25. The quantitative estimate of drug-likeness (QED) is 0.920.